The number of carbonyl (C=O) groups is 2. The first kappa shape index (κ1) is 20.4. The molecule has 0 spiro atoms. The van der Waals surface area contributed by atoms with Crippen LogP contribution in [0.4, 0.5) is 5.69 Å². The fourth-order valence-electron chi connectivity index (χ4n) is 2.56. The van der Waals surface area contributed by atoms with E-state index >= 15 is 0 Å². The molecule has 8 heteroatoms. The number of amides is 1. The topological polar surface area (TPSA) is 110 Å². The van der Waals surface area contributed by atoms with Crippen LogP contribution in [0.15, 0.2) is 47.4 Å². The number of benzene rings is 2. The molecule has 1 unspecified atom stereocenters. The fourth-order valence-corrected chi connectivity index (χ4v) is 3.25. The third-order valence-electron chi connectivity index (χ3n) is 4.02. The average molecular weight is 391 g/mol. The van der Waals surface area contributed by atoms with Crippen LogP contribution >= 0.6 is 0 Å². The minimum Gasteiger partial charge on any atom is -0.497 e. The number of hydrogen-bond acceptors (Lipinski definition) is 5. The highest BCUT2D eigenvalue weighted by Gasteiger charge is 2.16. The Morgan fingerprint density at radius 3 is 2.48 bits per heavy atom. The summed E-state index contributed by atoms with van der Waals surface area (Å²) in [6.45, 7) is 1.88. The number of carboxylic acid groups (broad SMARTS) is 1. The Kier molecular flexibility index (Phi) is 6.22. The van der Waals surface area contributed by atoms with Crippen molar-refractivity contribution in [3.05, 3.63) is 53.6 Å². The molecule has 0 saturated carbocycles. The van der Waals surface area contributed by atoms with Crippen LogP contribution in [0.5, 0.6) is 5.75 Å². The molecule has 0 aliphatic carbocycles. The molecule has 2 rings (SSSR count). The lowest BCUT2D eigenvalue weighted by Gasteiger charge is -2.14. The lowest BCUT2D eigenvalue weighted by molar-refractivity contribution is -0.116. The van der Waals surface area contributed by atoms with Crippen LogP contribution in [0.2, 0.25) is 0 Å². The summed E-state index contributed by atoms with van der Waals surface area (Å²) in [5.74, 6) is -1.06. The predicted octanol–water partition coefficient (Wildman–Crippen LogP) is 2.93. The molecule has 2 N–H and O–H groups in total. The maximum atomic E-state index is 12.4. The van der Waals surface area contributed by atoms with Crippen LogP contribution < -0.4 is 10.1 Å². The second kappa shape index (κ2) is 8.22. The van der Waals surface area contributed by atoms with Gasteiger partial charge in [-0.05, 0) is 41.8 Å². The summed E-state index contributed by atoms with van der Waals surface area (Å²) in [7, 11) is -2.06. The van der Waals surface area contributed by atoms with Crippen LogP contribution in [0.25, 0.3) is 0 Å². The Hall–Kier alpha value is -2.87. The van der Waals surface area contributed by atoms with E-state index in [4.69, 9.17) is 9.84 Å². The standard InChI is InChI=1S/C19H21NO6S/c1-12(13-5-4-6-16(9-13)26-2)7-18(21)20-15-8-14(19(22)23)10-17(11-15)27(3,24)25/h4-6,8-12H,7H2,1-3H3,(H,20,21)(H,22,23). The molecule has 2 aromatic rings. The smallest absolute Gasteiger partial charge is 0.335 e. The molecule has 0 bridgehead atoms. The Balaban J connectivity index is 2.19. The number of anilines is 1. The van der Waals surface area contributed by atoms with Gasteiger partial charge < -0.3 is 15.2 Å². The number of carbonyl (C=O) groups excluding carboxylic acids is 1. The van der Waals surface area contributed by atoms with Crippen molar-refractivity contribution in [3.8, 4) is 5.75 Å². The molecule has 2 aromatic carbocycles. The summed E-state index contributed by atoms with van der Waals surface area (Å²) >= 11 is 0. The normalized spacial score (nSPS) is 12.3. The number of nitrogens with one attached hydrogen (secondary N) is 1. The Bertz CT molecular complexity index is 968. The molecule has 0 fully saturated rings. The van der Waals surface area contributed by atoms with Gasteiger partial charge in [0.2, 0.25) is 5.91 Å². The van der Waals surface area contributed by atoms with Crippen LogP contribution in [0.3, 0.4) is 0 Å². The van der Waals surface area contributed by atoms with Gasteiger partial charge in [0.1, 0.15) is 5.75 Å². The number of rotatable bonds is 7. The van der Waals surface area contributed by atoms with Crippen LogP contribution in [0.1, 0.15) is 35.2 Å². The number of methoxy groups -OCH3 is 1. The Morgan fingerprint density at radius 1 is 1.19 bits per heavy atom. The molecule has 0 saturated heterocycles. The lowest BCUT2D eigenvalue weighted by Crippen LogP contribution is -2.15. The molecule has 7 nitrogen and oxygen atoms in total. The number of sulfone groups is 1. The quantitative estimate of drug-likeness (QED) is 0.751. The molecular formula is C19H21NO6S. The van der Waals surface area contributed by atoms with E-state index in [1.807, 2.05) is 25.1 Å². The SMILES string of the molecule is COc1cccc(C(C)CC(=O)Nc2cc(C(=O)O)cc(S(C)(=O)=O)c2)c1. The average Bonchev–Trinajstić information content (AvgIpc) is 2.60. The van der Waals surface area contributed by atoms with Crippen molar-refractivity contribution in [2.24, 2.45) is 0 Å². The van der Waals surface area contributed by atoms with Crippen LogP contribution in [0, 0.1) is 0 Å². The van der Waals surface area contributed by atoms with E-state index in [-0.39, 0.29) is 34.4 Å². The van der Waals surface area contributed by atoms with E-state index in [0.29, 0.717) is 5.75 Å². The van der Waals surface area contributed by atoms with Crippen LogP contribution in [-0.2, 0) is 14.6 Å². The van der Waals surface area contributed by atoms with Crippen molar-refractivity contribution in [2.45, 2.75) is 24.2 Å². The zero-order valence-corrected chi connectivity index (χ0v) is 16.0. The Labute approximate surface area is 157 Å². The maximum Gasteiger partial charge on any atom is 0.335 e. The molecule has 0 aromatic heterocycles. The van der Waals surface area contributed by atoms with Gasteiger partial charge in [0.05, 0.1) is 17.6 Å². The van der Waals surface area contributed by atoms with Gasteiger partial charge in [-0.15, -0.1) is 0 Å². The zero-order chi connectivity index (χ0) is 20.2. The fraction of sp³-hybridized carbons (Fsp3) is 0.263. The third kappa shape index (κ3) is 5.55. The van der Waals surface area contributed by atoms with Gasteiger partial charge in [0.25, 0.3) is 0 Å². The van der Waals surface area contributed by atoms with E-state index < -0.39 is 15.8 Å². The molecule has 0 radical (unpaired) electrons. The summed E-state index contributed by atoms with van der Waals surface area (Å²) in [5.41, 5.74) is 0.827. The number of hydrogen-bond donors (Lipinski definition) is 2. The van der Waals surface area contributed by atoms with Crippen molar-refractivity contribution in [1.29, 1.82) is 0 Å². The maximum absolute atomic E-state index is 12.4. The molecule has 0 heterocycles. The van der Waals surface area contributed by atoms with Crippen molar-refractivity contribution in [1.82, 2.24) is 0 Å². The number of ether oxygens (including phenoxy) is 1. The van der Waals surface area contributed by atoms with E-state index in [2.05, 4.69) is 5.32 Å². The second-order valence-electron chi connectivity index (χ2n) is 6.25. The first-order chi connectivity index (χ1) is 12.6. The minimum absolute atomic E-state index is 0.114. The van der Waals surface area contributed by atoms with E-state index in [1.165, 1.54) is 12.1 Å². The summed E-state index contributed by atoms with van der Waals surface area (Å²) in [6.07, 6.45) is 1.11. The molecule has 1 amide bonds. The second-order valence-corrected chi connectivity index (χ2v) is 8.27. The highest BCUT2D eigenvalue weighted by molar-refractivity contribution is 7.90. The number of aromatic carboxylic acids is 1. The molecular weight excluding hydrogens is 370 g/mol. The monoisotopic (exact) mass is 391 g/mol. The molecule has 0 aliphatic rings. The first-order valence-electron chi connectivity index (χ1n) is 8.12. The van der Waals surface area contributed by atoms with Gasteiger partial charge in [-0.1, -0.05) is 19.1 Å². The van der Waals surface area contributed by atoms with E-state index in [0.717, 1.165) is 17.9 Å². The zero-order valence-electron chi connectivity index (χ0n) is 15.2. The summed E-state index contributed by atoms with van der Waals surface area (Å²) < 4.78 is 28.7. The summed E-state index contributed by atoms with van der Waals surface area (Å²) in [5, 5.41) is 11.7. The minimum atomic E-state index is -3.62. The molecule has 27 heavy (non-hydrogen) atoms. The highest BCUT2D eigenvalue weighted by Crippen LogP contribution is 2.24. The lowest BCUT2D eigenvalue weighted by atomic mass is 9.97. The summed E-state index contributed by atoms with van der Waals surface area (Å²) in [4.78, 5) is 23.4. The van der Waals surface area contributed by atoms with Crippen molar-refractivity contribution >= 4 is 27.4 Å². The van der Waals surface area contributed by atoms with Gasteiger partial charge in [-0.3, -0.25) is 4.79 Å². The van der Waals surface area contributed by atoms with E-state index in [1.54, 1.807) is 13.2 Å². The van der Waals surface area contributed by atoms with Gasteiger partial charge in [0, 0.05) is 18.4 Å². The number of carboxylic acids is 1. The van der Waals surface area contributed by atoms with Crippen molar-refractivity contribution < 1.29 is 27.9 Å². The van der Waals surface area contributed by atoms with Crippen LogP contribution in [-0.4, -0.2) is 38.8 Å². The van der Waals surface area contributed by atoms with Crippen molar-refractivity contribution in [2.75, 3.05) is 18.7 Å². The predicted molar refractivity (Wildman–Crippen MR) is 101 cm³/mol. The molecule has 144 valence electrons. The first-order valence-corrected chi connectivity index (χ1v) is 10.0. The van der Waals surface area contributed by atoms with Gasteiger partial charge in [-0.25, -0.2) is 13.2 Å². The van der Waals surface area contributed by atoms with Crippen molar-refractivity contribution in [3.63, 3.8) is 0 Å². The third-order valence-corrected chi connectivity index (χ3v) is 5.11. The highest BCUT2D eigenvalue weighted by atomic mass is 32.2. The molecule has 0 aliphatic heterocycles. The Morgan fingerprint density at radius 2 is 1.89 bits per heavy atom. The van der Waals surface area contributed by atoms with Gasteiger partial charge in [0.15, 0.2) is 9.84 Å². The van der Waals surface area contributed by atoms with Gasteiger partial charge >= 0.3 is 5.97 Å². The van der Waals surface area contributed by atoms with E-state index in [9.17, 15) is 18.0 Å². The van der Waals surface area contributed by atoms with Gasteiger partial charge in [-0.2, -0.15) is 0 Å². The summed E-state index contributed by atoms with van der Waals surface area (Å²) in [6, 6.07) is 10.9. The molecule has 1 atom stereocenters. The largest absolute Gasteiger partial charge is 0.497 e.